The van der Waals surface area contributed by atoms with E-state index in [9.17, 15) is 9.59 Å². The second-order valence-electron chi connectivity index (χ2n) is 6.15. The van der Waals surface area contributed by atoms with Gasteiger partial charge in [-0.25, -0.2) is 9.59 Å². The van der Waals surface area contributed by atoms with Crippen LogP contribution in [-0.4, -0.2) is 22.7 Å². The molecule has 0 bridgehead atoms. The van der Waals surface area contributed by atoms with E-state index in [-0.39, 0.29) is 0 Å². The van der Waals surface area contributed by atoms with Crippen molar-refractivity contribution in [3.05, 3.63) is 89.7 Å². The van der Waals surface area contributed by atoms with E-state index in [1.165, 1.54) is 11.1 Å². The predicted molar refractivity (Wildman–Crippen MR) is 104 cm³/mol. The summed E-state index contributed by atoms with van der Waals surface area (Å²) in [5.74, 6) is -0.609. The largest absolute Gasteiger partial charge is 0.367 e. The van der Waals surface area contributed by atoms with Crippen molar-refractivity contribution in [3.8, 4) is 0 Å². The summed E-state index contributed by atoms with van der Waals surface area (Å²) in [6, 6.07) is 17.3. The van der Waals surface area contributed by atoms with E-state index in [2.05, 4.69) is 10.1 Å². The van der Waals surface area contributed by atoms with Gasteiger partial charge in [0.25, 0.3) is 0 Å². The van der Waals surface area contributed by atoms with E-state index in [1.54, 1.807) is 24.4 Å². The molecule has 0 aliphatic carbocycles. The monoisotopic (exact) mass is 372 g/mol. The van der Waals surface area contributed by atoms with E-state index < -0.39 is 12.0 Å². The van der Waals surface area contributed by atoms with Crippen molar-refractivity contribution in [2.45, 2.75) is 6.42 Å². The molecular weight excluding hydrogens is 356 g/mol. The lowest BCUT2D eigenvalue weighted by atomic mass is 10.0. The van der Waals surface area contributed by atoms with Crippen LogP contribution in [0.25, 0.3) is 0 Å². The van der Waals surface area contributed by atoms with Crippen LogP contribution in [0.4, 0.5) is 16.2 Å². The number of oxime groups is 1. The number of primary amides is 1. The van der Waals surface area contributed by atoms with Gasteiger partial charge in [0.15, 0.2) is 0 Å². The van der Waals surface area contributed by atoms with Crippen LogP contribution in [0.2, 0.25) is 0 Å². The molecule has 0 unspecified atom stereocenters. The van der Waals surface area contributed by atoms with E-state index in [0.717, 1.165) is 5.56 Å². The number of fused-ring (bicyclic) bond motifs is 2. The fourth-order valence-electron chi connectivity index (χ4n) is 3.15. The van der Waals surface area contributed by atoms with Gasteiger partial charge in [0.1, 0.15) is 0 Å². The molecule has 0 spiro atoms. The second kappa shape index (κ2) is 7.32. The van der Waals surface area contributed by atoms with Crippen LogP contribution in [0, 0.1) is 0 Å². The van der Waals surface area contributed by atoms with Gasteiger partial charge in [0.2, 0.25) is 0 Å². The van der Waals surface area contributed by atoms with Crippen LogP contribution in [0.3, 0.4) is 0 Å². The number of urea groups is 1. The number of aromatic nitrogens is 1. The molecule has 0 saturated heterocycles. The maximum absolute atomic E-state index is 12.2. The number of carbonyl (C=O) groups is 2. The minimum Gasteiger partial charge on any atom is -0.351 e. The number of para-hydroxylation sites is 2. The lowest BCUT2D eigenvalue weighted by molar-refractivity contribution is 0.0515. The van der Waals surface area contributed by atoms with Gasteiger partial charge in [0, 0.05) is 24.4 Å². The summed E-state index contributed by atoms with van der Waals surface area (Å²) in [5.41, 5.74) is 9.24. The summed E-state index contributed by atoms with van der Waals surface area (Å²) in [5, 5.41) is 4.11. The zero-order valence-electron chi connectivity index (χ0n) is 14.8. The topological polar surface area (TPSA) is 97.9 Å². The Morgan fingerprint density at radius 2 is 1.75 bits per heavy atom. The Labute approximate surface area is 161 Å². The first-order chi connectivity index (χ1) is 13.6. The van der Waals surface area contributed by atoms with E-state index >= 15 is 0 Å². The van der Waals surface area contributed by atoms with Gasteiger partial charge < -0.3 is 10.6 Å². The van der Waals surface area contributed by atoms with Crippen molar-refractivity contribution >= 4 is 29.1 Å². The van der Waals surface area contributed by atoms with Crippen LogP contribution in [0.5, 0.6) is 0 Å². The van der Waals surface area contributed by atoms with Gasteiger partial charge in [-0.1, -0.05) is 41.6 Å². The van der Waals surface area contributed by atoms with Crippen LogP contribution in [-0.2, 0) is 11.3 Å². The van der Waals surface area contributed by atoms with Crippen molar-refractivity contribution in [1.82, 2.24) is 4.98 Å². The minimum absolute atomic E-state index is 0.299. The number of benzene rings is 2. The minimum atomic E-state index is -0.609. The Balaban J connectivity index is 1.79. The average molecular weight is 372 g/mol. The molecule has 0 fully saturated rings. The molecule has 2 N–H and O–H groups in total. The molecule has 2 heterocycles. The highest BCUT2D eigenvalue weighted by Crippen LogP contribution is 2.36. The molecule has 2 amide bonds. The first-order valence-electron chi connectivity index (χ1n) is 8.60. The van der Waals surface area contributed by atoms with Crippen LogP contribution in [0.1, 0.15) is 21.5 Å². The highest BCUT2D eigenvalue weighted by Gasteiger charge is 2.27. The number of rotatable bonds is 2. The third-order valence-corrected chi connectivity index (χ3v) is 4.40. The fraction of sp³-hybridized carbons (Fsp3) is 0.0476. The maximum Gasteiger partial charge on any atom is 0.367 e. The Morgan fingerprint density at radius 3 is 2.50 bits per heavy atom. The number of anilines is 2. The lowest BCUT2D eigenvalue weighted by Crippen LogP contribution is -2.32. The van der Waals surface area contributed by atoms with Crippen molar-refractivity contribution in [3.63, 3.8) is 0 Å². The highest BCUT2D eigenvalue weighted by molar-refractivity contribution is 6.13. The summed E-state index contributed by atoms with van der Waals surface area (Å²) >= 11 is 0. The Bertz CT molecular complexity index is 1080. The summed E-state index contributed by atoms with van der Waals surface area (Å²) in [6.45, 7) is 0. The number of pyridine rings is 1. The van der Waals surface area contributed by atoms with Gasteiger partial charge in [-0.3, -0.25) is 9.88 Å². The number of hydrogen-bond donors (Lipinski definition) is 1. The first-order valence-corrected chi connectivity index (χ1v) is 8.60. The normalized spacial score (nSPS) is 14.0. The average Bonchev–Trinajstić information content (AvgIpc) is 2.87. The summed E-state index contributed by atoms with van der Waals surface area (Å²) in [7, 11) is 0. The molecule has 7 nitrogen and oxygen atoms in total. The van der Waals surface area contributed by atoms with Crippen molar-refractivity contribution in [2.24, 2.45) is 10.9 Å². The maximum atomic E-state index is 12.2. The van der Waals surface area contributed by atoms with E-state index in [0.29, 0.717) is 34.6 Å². The lowest BCUT2D eigenvalue weighted by Gasteiger charge is -2.22. The molecule has 1 aromatic heterocycles. The van der Waals surface area contributed by atoms with Crippen LogP contribution < -0.4 is 10.6 Å². The standard InChI is InChI=1S/C21H16N4O3/c22-21(27)25-18-9-3-1-6-14(18)12-17(16-8-2-4-10-19(16)25)24-28-20(26)15-7-5-11-23-13-15/h1-11,13H,12H2,(H2,22,27)/b24-17+. The van der Waals surface area contributed by atoms with Gasteiger partial charge in [0.05, 0.1) is 22.6 Å². The molecule has 3 aromatic rings. The SMILES string of the molecule is NC(=O)N1c2ccccc2C/C(=N\OC(=O)c2cccnc2)c2ccccc21. The summed E-state index contributed by atoms with van der Waals surface area (Å²) in [6.07, 6.45) is 3.35. The van der Waals surface area contributed by atoms with E-state index in [4.69, 9.17) is 10.6 Å². The van der Waals surface area contributed by atoms with Crippen molar-refractivity contribution < 1.29 is 14.4 Å². The van der Waals surface area contributed by atoms with Crippen molar-refractivity contribution in [2.75, 3.05) is 4.90 Å². The molecule has 2 aromatic carbocycles. The van der Waals surface area contributed by atoms with Gasteiger partial charge in [-0.05, 0) is 29.8 Å². The molecule has 0 atom stereocenters. The molecule has 4 rings (SSSR count). The van der Waals surface area contributed by atoms with Gasteiger partial charge >= 0.3 is 12.0 Å². The van der Waals surface area contributed by atoms with Crippen LogP contribution >= 0.6 is 0 Å². The quantitative estimate of drug-likeness (QED) is 0.550. The molecule has 7 heteroatoms. The number of hydrogen-bond acceptors (Lipinski definition) is 5. The Kier molecular flexibility index (Phi) is 4.55. The predicted octanol–water partition coefficient (Wildman–Crippen LogP) is 3.42. The fourth-order valence-corrected chi connectivity index (χ4v) is 3.15. The summed E-state index contributed by atoms with van der Waals surface area (Å²) in [4.78, 5) is 35.0. The second-order valence-corrected chi connectivity index (χ2v) is 6.15. The third-order valence-electron chi connectivity index (χ3n) is 4.40. The smallest absolute Gasteiger partial charge is 0.351 e. The molecular formula is C21H16N4O3. The van der Waals surface area contributed by atoms with Gasteiger partial charge in [-0.2, -0.15) is 0 Å². The van der Waals surface area contributed by atoms with Gasteiger partial charge in [-0.15, -0.1) is 0 Å². The Morgan fingerprint density at radius 1 is 1.00 bits per heavy atom. The molecule has 0 radical (unpaired) electrons. The summed E-state index contributed by atoms with van der Waals surface area (Å²) < 4.78 is 0. The highest BCUT2D eigenvalue weighted by atomic mass is 16.7. The van der Waals surface area contributed by atoms with Crippen molar-refractivity contribution in [1.29, 1.82) is 0 Å². The van der Waals surface area contributed by atoms with E-state index in [1.807, 2.05) is 42.5 Å². The number of amides is 2. The zero-order chi connectivity index (χ0) is 19.5. The number of carbonyl (C=O) groups excluding carboxylic acids is 2. The number of nitrogens with two attached hydrogens (primary N) is 1. The molecule has 1 aliphatic heterocycles. The third kappa shape index (κ3) is 3.21. The molecule has 0 saturated carbocycles. The molecule has 138 valence electrons. The Hall–Kier alpha value is -4.00. The zero-order valence-corrected chi connectivity index (χ0v) is 14.8. The molecule has 28 heavy (non-hydrogen) atoms. The first kappa shape index (κ1) is 17.4. The molecule has 1 aliphatic rings. The van der Waals surface area contributed by atoms with Crippen LogP contribution in [0.15, 0.2) is 78.2 Å². The number of nitrogens with zero attached hydrogens (tertiary/aromatic N) is 3.